The molecule has 2 rings (SSSR count). The Bertz CT molecular complexity index is 1100. The molecule has 0 fully saturated rings. The first-order chi connectivity index (χ1) is 17.1. The van der Waals surface area contributed by atoms with Crippen molar-refractivity contribution < 1.29 is 27.5 Å². The van der Waals surface area contributed by atoms with Gasteiger partial charge in [-0.25, -0.2) is 8.42 Å². The van der Waals surface area contributed by atoms with E-state index in [1.165, 1.54) is 4.90 Å². The summed E-state index contributed by atoms with van der Waals surface area (Å²) in [6, 6.07) is 12.9. The minimum absolute atomic E-state index is 0.110. The molecule has 0 aliphatic heterocycles. The zero-order chi connectivity index (χ0) is 26.7. The van der Waals surface area contributed by atoms with E-state index in [9.17, 15) is 18.0 Å². The van der Waals surface area contributed by atoms with E-state index in [1.807, 2.05) is 19.9 Å². The summed E-state index contributed by atoms with van der Waals surface area (Å²) in [5.74, 6) is 0.409. The maximum atomic E-state index is 13.6. The van der Waals surface area contributed by atoms with Crippen LogP contribution in [-0.4, -0.2) is 64.2 Å². The summed E-state index contributed by atoms with van der Waals surface area (Å²) in [6.07, 6.45) is 2.79. The van der Waals surface area contributed by atoms with E-state index in [0.29, 0.717) is 30.3 Å². The lowest BCUT2D eigenvalue weighted by atomic mass is 10.1. The van der Waals surface area contributed by atoms with Crippen LogP contribution in [0.5, 0.6) is 11.5 Å². The van der Waals surface area contributed by atoms with Gasteiger partial charge in [-0.05, 0) is 62.2 Å². The minimum Gasteiger partial charge on any atom is -0.497 e. The van der Waals surface area contributed by atoms with Gasteiger partial charge in [-0.3, -0.25) is 13.9 Å². The number of methoxy groups -OCH3 is 1. The van der Waals surface area contributed by atoms with E-state index in [4.69, 9.17) is 9.47 Å². The number of sulfonamides is 1. The van der Waals surface area contributed by atoms with Crippen LogP contribution in [0.1, 0.15) is 39.2 Å². The number of amides is 2. The molecule has 9 nitrogen and oxygen atoms in total. The molecule has 36 heavy (non-hydrogen) atoms. The topological polar surface area (TPSA) is 105 Å². The number of nitrogens with zero attached hydrogens (tertiary/aromatic N) is 2. The number of benzene rings is 2. The Kier molecular flexibility index (Phi) is 11.0. The van der Waals surface area contributed by atoms with Gasteiger partial charge in [0.2, 0.25) is 21.8 Å². The van der Waals surface area contributed by atoms with Gasteiger partial charge in [0.25, 0.3) is 0 Å². The second-order valence-corrected chi connectivity index (χ2v) is 10.3. The number of unbranched alkanes of at least 4 members (excludes halogenated alkanes) is 1. The molecule has 198 valence electrons. The Balaban J connectivity index is 2.35. The van der Waals surface area contributed by atoms with Crippen LogP contribution < -0.4 is 19.1 Å². The van der Waals surface area contributed by atoms with Gasteiger partial charge in [-0.1, -0.05) is 25.5 Å². The summed E-state index contributed by atoms with van der Waals surface area (Å²) in [5, 5.41) is 2.86. The van der Waals surface area contributed by atoms with Gasteiger partial charge in [0.15, 0.2) is 0 Å². The summed E-state index contributed by atoms with van der Waals surface area (Å²) in [7, 11) is -2.25. The predicted octanol–water partition coefficient (Wildman–Crippen LogP) is 3.19. The van der Waals surface area contributed by atoms with Crippen LogP contribution in [0.15, 0.2) is 48.5 Å². The highest BCUT2D eigenvalue weighted by Crippen LogP contribution is 2.23. The number of nitrogens with one attached hydrogen (secondary N) is 1. The van der Waals surface area contributed by atoms with Crippen molar-refractivity contribution in [2.24, 2.45) is 0 Å². The van der Waals surface area contributed by atoms with Gasteiger partial charge >= 0.3 is 0 Å². The Labute approximate surface area is 214 Å². The molecule has 2 aromatic rings. The third-order valence-electron chi connectivity index (χ3n) is 5.60. The van der Waals surface area contributed by atoms with Gasteiger partial charge < -0.3 is 19.7 Å². The lowest BCUT2D eigenvalue weighted by Gasteiger charge is -2.31. The van der Waals surface area contributed by atoms with Crippen LogP contribution in [0.25, 0.3) is 0 Å². The van der Waals surface area contributed by atoms with Crippen LogP contribution in [0, 0.1) is 0 Å². The van der Waals surface area contributed by atoms with Crippen molar-refractivity contribution in [2.75, 3.05) is 37.4 Å². The number of rotatable bonds is 14. The summed E-state index contributed by atoms with van der Waals surface area (Å²) in [4.78, 5) is 27.8. The van der Waals surface area contributed by atoms with Crippen LogP contribution >= 0.6 is 0 Å². The molecular formula is C26H37N3O6S. The Morgan fingerprint density at radius 1 is 1.06 bits per heavy atom. The first-order valence-corrected chi connectivity index (χ1v) is 13.9. The first kappa shape index (κ1) is 29.0. The molecule has 0 bridgehead atoms. The SMILES string of the molecule is CCCCNC(=O)[C@@H](C)N(Cc1cccc(OC)c1)C(=O)CN(c1ccc(OCC)cc1)S(C)(=O)=O. The van der Waals surface area contributed by atoms with Gasteiger partial charge in [-0.15, -0.1) is 0 Å². The number of carbonyl (C=O) groups excluding carboxylic acids is 2. The highest BCUT2D eigenvalue weighted by molar-refractivity contribution is 7.92. The van der Waals surface area contributed by atoms with Gasteiger partial charge in [0.1, 0.15) is 24.1 Å². The lowest BCUT2D eigenvalue weighted by molar-refractivity contribution is -0.139. The van der Waals surface area contributed by atoms with E-state index in [-0.39, 0.29) is 12.5 Å². The molecule has 1 N–H and O–H groups in total. The molecule has 0 aliphatic carbocycles. The Morgan fingerprint density at radius 2 is 1.75 bits per heavy atom. The number of anilines is 1. The minimum atomic E-state index is -3.79. The molecule has 0 heterocycles. The fraction of sp³-hybridized carbons (Fsp3) is 0.462. The summed E-state index contributed by atoms with van der Waals surface area (Å²) in [5.41, 5.74) is 1.08. The molecule has 1 atom stereocenters. The molecule has 0 unspecified atom stereocenters. The molecule has 0 radical (unpaired) electrons. The van der Waals surface area contributed by atoms with Crippen LogP contribution in [-0.2, 0) is 26.2 Å². The molecule has 0 aromatic heterocycles. The number of carbonyl (C=O) groups is 2. The van der Waals surface area contributed by atoms with Crippen molar-refractivity contribution in [1.82, 2.24) is 10.2 Å². The monoisotopic (exact) mass is 519 g/mol. The quantitative estimate of drug-likeness (QED) is 0.385. The van der Waals surface area contributed by atoms with Crippen LogP contribution in [0.3, 0.4) is 0 Å². The van der Waals surface area contributed by atoms with E-state index in [2.05, 4.69) is 5.32 Å². The third kappa shape index (κ3) is 8.44. The summed E-state index contributed by atoms with van der Waals surface area (Å²) < 4.78 is 37.0. The van der Waals surface area contributed by atoms with Crippen molar-refractivity contribution in [1.29, 1.82) is 0 Å². The molecule has 0 spiro atoms. The molecule has 10 heteroatoms. The summed E-state index contributed by atoms with van der Waals surface area (Å²) in [6.45, 7) is 6.15. The normalized spacial score (nSPS) is 11.9. The van der Waals surface area contributed by atoms with E-state index < -0.39 is 28.5 Å². The van der Waals surface area contributed by atoms with E-state index >= 15 is 0 Å². The zero-order valence-corrected chi connectivity index (χ0v) is 22.5. The molecule has 0 aliphatic rings. The van der Waals surface area contributed by atoms with E-state index in [1.54, 1.807) is 56.5 Å². The Hall–Kier alpha value is -3.27. The lowest BCUT2D eigenvalue weighted by Crippen LogP contribution is -2.51. The fourth-order valence-corrected chi connectivity index (χ4v) is 4.42. The number of hydrogen-bond donors (Lipinski definition) is 1. The number of hydrogen-bond acceptors (Lipinski definition) is 6. The predicted molar refractivity (Wildman–Crippen MR) is 141 cm³/mol. The number of ether oxygens (including phenoxy) is 2. The molecule has 2 amide bonds. The van der Waals surface area contributed by atoms with Crippen molar-refractivity contribution in [3.05, 3.63) is 54.1 Å². The van der Waals surface area contributed by atoms with Crippen LogP contribution in [0.4, 0.5) is 5.69 Å². The van der Waals surface area contributed by atoms with Crippen molar-refractivity contribution >= 4 is 27.5 Å². The second kappa shape index (κ2) is 13.7. The average molecular weight is 520 g/mol. The van der Waals surface area contributed by atoms with E-state index in [0.717, 1.165) is 29.0 Å². The Morgan fingerprint density at radius 3 is 2.33 bits per heavy atom. The smallest absolute Gasteiger partial charge is 0.244 e. The first-order valence-electron chi connectivity index (χ1n) is 12.0. The average Bonchev–Trinajstić information content (AvgIpc) is 2.85. The van der Waals surface area contributed by atoms with Crippen LogP contribution in [0.2, 0.25) is 0 Å². The summed E-state index contributed by atoms with van der Waals surface area (Å²) >= 11 is 0. The zero-order valence-electron chi connectivity index (χ0n) is 21.7. The van der Waals surface area contributed by atoms with Crippen molar-refractivity contribution in [3.8, 4) is 11.5 Å². The van der Waals surface area contributed by atoms with Gasteiger partial charge in [-0.2, -0.15) is 0 Å². The highest BCUT2D eigenvalue weighted by atomic mass is 32.2. The third-order valence-corrected chi connectivity index (χ3v) is 6.74. The molecule has 2 aromatic carbocycles. The molecule has 0 saturated carbocycles. The fourth-order valence-electron chi connectivity index (χ4n) is 3.58. The maximum absolute atomic E-state index is 13.6. The van der Waals surface area contributed by atoms with Gasteiger partial charge in [0, 0.05) is 13.1 Å². The standard InChI is InChI=1S/C26H37N3O6S/c1-6-8-16-27-26(31)20(3)28(18-21-10-9-11-24(17-21)34-4)25(30)19-29(36(5,32)33)22-12-14-23(15-13-22)35-7-2/h9-15,17,20H,6-8,16,18-19H2,1-5H3,(H,27,31)/t20-/m1/s1. The van der Waals surface area contributed by atoms with Gasteiger partial charge in [0.05, 0.1) is 25.7 Å². The largest absolute Gasteiger partial charge is 0.497 e. The second-order valence-electron chi connectivity index (χ2n) is 8.39. The molecule has 0 saturated heterocycles. The maximum Gasteiger partial charge on any atom is 0.244 e. The highest BCUT2D eigenvalue weighted by Gasteiger charge is 2.30. The molecular weight excluding hydrogens is 482 g/mol. The van der Waals surface area contributed by atoms with Crippen molar-refractivity contribution in [3.63, 3.8) is 0 Å². The van der Waals surface area contributed by atoms with Crippen molar-refractivity contribution in [2.45, 2.75) is 46.2 Å².